The molecule has 1 fully saturated rings. The van der Waals surface area contributed by atoms with Crippen molar-refractivity contribution in [2.75, 3.05) is 52.3 Å². The Kier molecular flexibility index (Phi) is 5.52. The van der Waals surface area contributed by atoms with Crippen LogP contribution in [0.15, 0.2) is 29.2 Å². The zero-order valence-corrected chi connectivity index (χ0v) is 13.6. The topological polar surface area (TPSA) is 78.9 Å². The number of anilines is 1. The normalized spacial score (nSPS) is 17.4. The molecule has 1 aromatic rings. The fraction of sp³-hybridized carbons (Fsp3) is 0.500. The molecule has 0 atom stereocenters. The van der Waals surface area contributed by atoms with E-state index in [2.05, 4.69) is 10.2 Å². The third-order valence-electron chi connectivity index (χ3n) is 3.51. The number of hydrogen-bond donors (Lipinski definition) is 1. The first-order valence-corrected chi connectivity index (χ1v) is 8.45. The lowest BCUT2D eigenvalue weighted by atomic mass is 10.3. The molecule has 1 heterocycles. The van der Waals surface area contributed by atoms with Crippen molar-refractivity contribution in [2.45, 2.75) is 4.90 Å². The molecule has 1 aliphatic heterocycles. The number of nitrogens with zero attached hydrogens (tertiary/aromatic N) is 2. The molecular formula is C14H21N3O4S. The highest BCUT2D eigenvalue weighted by molar-refractivity contribution is 7.89. The van der Waals surface area contributed by atoms with Gasteiger partial charge in [-0.1, -0.05) is 0 Å². The lowest BCUT2D eigenvalue weighted by Crippen LogP contribution is -2.46. The van der Waals surface area contributed by atoms with Crippen molar-refractivity contribution in [3.05, 3.63) is 24.3 Å². The van der Waals surface area contributed by atoms with Crippen LogP contribution in [0.5, 0.6) is 0 Å². The van der Waals surface area contributed by atoms with Crippen LogP contribution in [0, 0.1) is 0 Å². The van der Waals surface area contributed by atoms with Crippen LogP contribution in [0.2, 0.25) is 0 Å². The van der Waals surface area contributed by atoms with Crippen LogP contribution in [-0.2, 0) is 19.6 Å². The van der Waals surface area contributed by atoms with E-state index in [4.69, 9.17) is 4.74 Å². The second-order valence-corrected chi connectivity index (χ2v) is 7.15. The summed E-state index contributed by atoms with van der Waals surface area (Å²) in [6, 6.07) is 6.18. The number of sulfonamides is 1. The summed E-state index contributed by atoms with van der Waals surface area (Å²) in [5.41, 5.74) is 0.541. The van der Waals surface area contributed by atoms with Crippen molar-refractivity contribution in [2.24, 2.45) is 0 Å². The first kappa shape index (κ1) is 16.9. The molecule has 122 valence electrons. The number of carbonyl (C=O) groups is 1. The van der Waals surface area contributed by atoms with Crippen molar-refractivity contribution < 1.29 is 17.9 Å². The van der Waals surface area contributed by atoms with Crippen molar-refractivity contribution in [1.82, 2.24) is 9.21 Å². The number of methoxy groups -OCH3 is 1. The molecule has 1 aliphatic rings. The highest BCUT2D eigenvalue weighted by Gasteiger charge is 2.27. The molecule has 22 heavy (non-hydrogen) atoms. The van der Waals surface area contributed by atoms with E-state index in [-0.39, 0.29) is 17.4 Å². The van der Waals surface area contributed by atoms with Gasteiger partial charge in [0.2, 0.25) is 15.9 Å². The Morgan fingerprint density at radius 3 is 2.32 bits per heavy atom. The van der Waals surface area contributed by atoms with Gasteiger partial charge in [0.05, 0.1) is 4.90 Å². The summed E-state index contributed by atoms with van der Waals surface area (Å²) in [4.78, 5) is 13.7. The number of nitrogens with one attached hydrogen (secondary N) is 1. The summed E-state index contributed by atoms with van der Waals surface area (Å²) in [5, 5.41) is 2.63. The Morgan fingerprint density at radius 1 is 1.18 bits per heavy atom. The molecule has 1 aromatic carbocycles. The highest BCUT2D eigenvalue weighted by atomic mass is 32.2. The maximum atomic E-state index is 12.5. The maximum Gasteiger partial charge on any atom is 0.250 e. The fourth-order valence-electron chi connectivity index (χ4n) is 2.22. The lowest BCUT2D eigenvalue weighted by Gasteiger charge is -2.31. The molecule has 0 radical (unpaired) electrons. The average Bonchev–Trinajstić information content (AvgIpc) is 2.48. The summed E-state index contributed by atoms with van der Waals surface area (Å²) in [6.45, 7) is 2.40. The monoisotopic (exact) mass is 327 g/mol. The van der Waals surface area contributed by atoms with E-state index < -0.39 is 10.0 Å². The number of piperazine rings is 1. The van der Waals surface area contributed by atoms with Crippen molar-refractivity contribution in [3.8, 4) is 0 Å². The van der Waals surface area contributed by atoms with Crippen LogP contribution in [0.3, 0.4) is 0 Å². The molecule has 1 saturated heterocycles. The van der Waals surface area contributed by atoms with Gasteiger partial charge in [-0.05, 0) is 31.3 Å². The molecule has 2 rings (SSSR count). The number of ether oxygens (including phenoxy) is 1. The van der Waals surface area contributed by atoms with Crippen LogP contribution in [0.4, 0.5) is 5.69 Å². The molecule has 0 saturated carbocycles. The second kappa shape index (κ2) is 7.19. The minimum Gasteiger partial charge on any atom is -0.375 e. The zero-order chi connectivity index (χ0) is 16.2. The number of likely N-dealkylation sites (N-methyl/N-ethyl adjacent to an activating group) is 1. The molecule has 0 aliphatic carbocycles. The second-order valence-electron chi connectivity index (χ2n) is 5.21. The molecule has 0 unspecified atom stereocenters. The standard InChI is InChI=1S/C14H21N3O4S/c1-16-7-9-17(10-8-16)22(19,20)13-5-3-12(4-6-13)15-14(18)11-21-2/h3-6H,7-11H2,1-2H3,(H,15,18). The van der Waals surface area contributed by atoms with E-state index in [1.54, 1.807) is 12.1 Å². The predicted molar refractivity (Wildman–Crippen MR) is 83.2 cm³/mol. The summed E-state index contributed by atoms with van der Waals surface area (Å²) >= 11 is 0. The SMILES string of the molecule is COCC(=O)Nc1ccc(S(=O)(=O)N2CCN(C)CC2)cc1. The van der Waals surface area contributed by atoms with Crippen molar-refractivity contribution in [3.63, 3.8) is 0 Å². The molecule has 0 bridgehead atoms. The van der Waals surface area contributed by atoms with Crippen LogP contribution in [0.25, 0.3) is 0 Å². The van der Waals surface area contributed by atoms with Gasteiger partial charge in [-0.3, -0.25) is 4.79 Å². The molecule has 0 aromatic heterocycles. The number of rotatable bonds is 5. The van der Waals surface area contributed by atoms with E-state index in [0.29, 0.717) is 18.8 Å². The van der Waals surface area contributed by atoms with Gasteiger partial charge in [-0.25, -0.2) is 8.42 Å². The summed E-state index contributed by atoms with van der Waals surface area (Å²) in [5.74, 6) is -0.280. The smallest absolute Gasteiger partial charge is 0.250 e. The zero-order valence-electron chi connectivity index (χ0n) is 12.8. The third-order valence-corrected chi connectivity index (χ3v) is 5.43. The molecule has 8 heteroatoms. The lowest BCUT2D eigenvalue weighted by molar-refractivity contribution is -0.119. The molecule has 1 N–H and O–H groups in total. The van der Waals surface area contributed by atoms with Gasteiger partial charge in [-0.15, -0.1) is 0 Å². The average molecular weight is 327 g/mol. The largest absolute Gasteiger partial charge is 0.375 e. The number of hydrogen-bond acceptors (Lipinski definition) is 5. The van der Waals surface area contributed by atoms with E-state index >= 15 is 0 Å². The minimum absolute atomic E-state index is 0.0403. The number of carbonyl (C=O) groups excluding carboxylic acids is 1. The predicted octanol–water partition coefficient (Wildman–Crippen LogP) is 0.208. The van der Waals surface area contributed by atoms with Crippen molar-refractivity contribution in [1.29, 1.82) is 0 Å². The Bertz CT molecular complexity index is 607. The van der Waals surface area contributed by atoms with Gasteiger partial charge in [0.25, 0.3) is 0 Å². The highest BCUT2D eigenvalue weighted by Crippen LogP contribution is 2.19. The molecule has 0 spiro atoms. The van der Waals surface area contributed by atoms with E-state index in [0.717, 1.165) is 13.1 Å². The van der Waals surface area contributed by atoms with Crippen LogP contribution >= 0.6 is 0 Å². The van der Waals surface area contributed by atoms with Gasteiger partial charge in [0.15, 0.2) is 0 Å². The summed E-state index contributed by atoms with van der Waals surface area (Å²) in [7, 11) is -0.0622. The number of amides is 1. The Morgan fingerprint density at radius 2 is 1.77 bits per heavy atom. The molecule has 7 nitrogen and oxygen atoms in total. The maximum absolute atomic E-state index is 12.5. The first-order chi connectivity index (χ1) is 10.4. The Labute approximate surface area is 130 Å². The van der Waals surface area contributed by atoms with E-state index in [1.807, 2.05) is 7.05 Å². The quantitative estimate of drug-likeness (QED) is 0.836. The van der Waals surface area contributed by atoms with Crippen LogP contribution in [0.1, 0.15) is 0 Å². The van der Waals surface area contributed by atoms with Gasteiger partial charge >= 0.3 is 0 Å². The molecule has 1 amide bonds. The Balaban J connectivity index is 2.07. The molecular weight excluding hydrogens is 306 g/mol. The van der Waals surface area contributed by atoms with Gasteiger partial charge in [0, 0.05) is 39.0 Å². The van der Waals surface area contributed by atoms with E-state index in [1.165, 1.54) is 23.5 Å². The van der Waals surface area contributed by atoms with Crippen LogP contribution in [-0.4, -0.2) is 70.5 Å². The van der Waals surface area contributed by atoms with Crippen LogP contribution < -0.4 is 5.32 Å². The van der Waals surface area contributed by atoms with E-state index in [9.17, 15) is 13.2 Å². The van der Waals surface area contributed by atoms with Gasteiger partial charge in [-0.2, -0.15) is 4.31 Å². The first-order valence-electron chi connectivity index (χ1n) is 7.01. The fourth-order valence-corrected chi connectivity index (χ4v) is 3.64. The summed E-state index contributed by atoms with van der Waals surface area (Å²) in [6.07, 6.45) is 0. The van der Waals surface area contributed by atoms with Gasteiger partial charge in [0.1, 0.15) is 6.61 Å². The Hall–Kier alpha value is -1.48. The van der Waals surface area contributed by atoms with Gasteiger partial charge < -0.3 is 15.0 Å². The minimum atomic E-state index is -3.47. The third kappa shape index (κ3) is 4.04. The number of benzene rings is 1. The summed E-state index contributed by atoms with van der Waals surface area (Å²) < 4.78 is 31.3. The van der Waals surface area contributed by atoms with Crippen molar-refractivity contribution >= 4 is 21.6 Å².